The Morgan fingerprint density at radius 2 is 2.39 bits per heavy atom. The fraction of sp³-hybridized carbons (Fsp3) is 0.583. The van der Waals surface area contributed by atoms with Gasteiger partial charge in [-0.15, -0.1) is 0 Å². The summed E-state index contributed by atoms with van der Waals surface area (Å²) < 4.78 is 27.0. The summed E-state index contributed by atoms with van der Waals surface area (Å²) in [4.78, 5) is 3.98. The molecule has 5 nitrogen and oxygen atoms in total. The van der Waals surface area contributed by atoms with E-state index in [-0.39, 0.29) is 23.0 Å². The molecular formula is C12H18N2O3S. The molecule has 0 aromatic carbocycles. The molecule has 1 heterocycles. The number of pyridine rings is 1. The molecule has 1 fully saturated rings. The number of aliphatic hydroxyl groups is 1. The zero-order valence-corrected chi connectivity index (χ0v) is 11.2. The Kier molecular flexibility index (Phi) is 3.70. The van der Waals surface area contributed by atoms with Crippen molar-refractivity contribution in [2.75, 3.05) is 6.61 Å². The molecule has 1 aromatic heterocycles. The molecule has 0 amide bonds. The first kappa shape index (κ1) is 13.5. The molecule has 2 unspecified atom stereocenters. The van der Waals surface area contributed by atoms with Crippen LogP contribution in [0.4, 0.5) is 0 Å². The van der Waals surface area contributed by atoms with Gasteiger partial charge in [-0.25, -0.2) is 13.1 Å². The highest BCUT2D eigenvalue weighted by molar-refractivity contribution is 7.89. The van der Waals surface area contributed by atoms with Gasteiger partial charge in [0.05, 0.1) is 0 Å². The monoisotopic (exact) mass is 270 g/mol. The normalized spacial score (nSPS) is 28.4. The maximum absolute atomic E-state index is 12.2. The predicted octanol–water partition coefficient (Wildman–Crippen LogP) is 0.911. The summed E-state index contributed by atoms with van der Waals surface area (Å²) >= 11 is 0. The molecule has 1 aromatic rings. The minimum absolute atomic E-state index is 0.00672. The van der Waals surface area contributed by atoms with Crippen LogP contribution >= 0.6 is 0 Å². The van der Waals surface area contributed by atoms with Crippen LogP contribution in [0.1, 0.15) is 26.2 Å². The number of hydrogen-bond acceptors (Lipinski definition) is 4. The summed E-state index contributed by atoms with van der Waals surface area (Å²) in [7, 11) is -3.55. The Morgan fingerprint density at radius 1 is 1.61 bits per heavy atom. The van der Waals surface area contributed by atoms with E-state index in [0.29, 0.717) is 0 Å². The Hall–Kier alpha value is -0.980. The average Bonchev–Trinajstić information content (AvgIpc) is 2.72. The molecule has 1 aliphatic carbocycles. The number of aliphatic hydroxyl groups excluding tert-OH is 1. The molecule has 18 heavy (non-hydrogen) atoms. The number of rotatable bonds is 4. The largest absolute Gasteiger partial charge is 0.396 e. The molecule has 1 aliphatic rings. The Labute approximate surface area is 107 Å². The zero-order chi connectivity index (χ0) is 13.2. The first-order chi connectivity index (χ1) is 8.48. The van der Waals surface area contributed by atoms with E-state index in [2.05, 4.69) is 9.71 Å². The Bertz CT molecular complexity index is 503. The lowest BCUT2D eigenvalue weighted by Gasteiger charge is -2.29. The van der Waals surface area contributed by atoms with Gasteiger partial charge in [0.2, 0.25) is 10.0 Å². The van der Waals surface area contributed by atoms with Gasteiger partial charge in [0.15, 0.2) is 0 Å². The van der Waals surface area contributed by atoms with Crippen LogP contribution in [0.3, 0.4) is 0 Å². The van der Waals surface area contributed by atoms with Crippen LogP contribution in [0.5, 0.6) is 0 Å². The van der Waals surface area contributed by atoms with Crippen molar-refractivity contribution in [2.24, 2.45) is 5.41 Å². The molecule has 100 valence electrons. The van der Waals surface area contributed by atoms with Crippen molar-refractivity contribution in [3.63, 3.8) is 0 Å². The van der Waals surface area contributed by atoms with E-state index in [9.17, 15) is 13.5 Å². The van der Waals surface area contributed by atoms with E-state index in [4.69, 9.17) is 0 Å². The zero-order valence-electron chi connectivity index (χ0n) is 10.3. The molecule has 2 N–H and O–H groups in total. The van der Waals surface area contributed by atoms with Gasteiger partial charge in [-0.2, -0.15) is 0 Å². The molecular weight excluding hydrogens is 252 g/mol. The number of aromatic nitrogens is 1. The van der Waals surface area contributed by atoms with E-state index in [1.807, 2.05) is 6.92 Å². The molecule has 2 atom stereocenters. The molecule has 0 spiro atoms. The highest BCUT2D eigenvalue weighted by Crippen LogP contribution is 2.38. The standard InChI is InChI=1S/C12H18N2O3S/c1-12(9-15)6-2-5-11(12)14-18(16,17)10-4-3-7-13-8-10/h3-4,7-8,11,14-15H,2,5-6,9H2,1H3. The number of nitrogens with one attached hydrogen (secondary N) is 1. The summed E-state index contributed by atoms with van der Waals surface area (Å²) in [6.45, 7) is 1.91. The van der Waals surface area contributed by atoms with E-state index in [1.165, 1.54) is 18.5 Å². The lowest BCUT2D eigenvalue weighted by Crippen LogP contribution is -2.44. The fourth-order valence-electron chi connectivity index (χ4n) is 2.38. The first-order valence-corrected chi connectivity index (χ1v) is 7.49. The Balaban J connectivity index is 2.19. The fourth-order valence-corrected chi connectivity index (χ4v) is 3.75. The van der Waals surface area contributed by atoms with Crippen LogP contribution in [0.15, 0.2) is 29.4 Å². The van der Waals surface area contributed by atoms with Crippen molar-refractivity contribution in [1.82, 2.24) is 9.71 Å². The minimum atomic E-state index is -3.55. The molecule has 0 saturated heterocycles. The lowest BCUT2D eigenvalue weighted by molar-refractivity contribution is 0.127. The van der Waals surface area contributed by atoms with Crippen LogP contribution in [-0.4, -0.2) is 31.2 Å². The van der Waals surface area contributed by atoms with Crippen molar-refractivity contribution in [2.45, 2.75) is 37.1 Å². The van der Waals surface area contributed by atoms with Gasteiger partial charge >= 0.3 is 0 Å². The summed E-state index contributed by atoms with van der Waals surface area (Å²) in [5, 5.41) is 9.42. The van der Waals surface area contributed by atoms with Crippen molar-refractivity contribution >= 4 is 10.0 Å². The molecule has 6 heteroatoms. The van der Waals surface area contributed by atoms with E-state index < -0.39 is 10.0 Å². The molecule has 0 aliphatic heterocycles. The van der Waals surface area contributed by atoms with Crippen molar-refractivity contribution in [3.8, 4) is 0 Å². The van der Waals surface area contributed by atoms with Crippen LogP contribution in [0.25, 0.3) is 0 Å². The van der Waals surface area contributed by atoms with Crippen LogP contribution in [0, 0.1) is 5.41 Å². The number of sulfonamides is 1. The quantitative estimate of drug-likeness (QED) is 0.852. The smallest absolute Gasteiger partial charge is 0.242 e. The lowest BCUT2D eigenvalue weighted by atomic mass is 9.86. The van der Waals surface area contributed by atoms with Gasteiger partial charge in [0.1, 0.15) is 4.90 Å². The second-order valence-corrected chi connectivity index (χ2v) is 6.78. The average molecular weight is 270 g/mol. The molecule has 0 bridgehead atoms. The highest BCUT2D eigenvalue weighted by Gasteiger charge is 2.40. The van der Waals surface area contributed by atoms with Crippen LogP contribution in [0.2, 0.25) is 0 Å². The summed E-state index contributed by atoms with van der Waals surface area (Å²) in [6.07, 6.45) is 5.39. The predicted molar refractivity (Wildman–Crippen MR) is 67.4 cm³/mol. The molecule has 1 saturated carbocycles. The van der Waals surface area contributed by atoms with Gasteiger partial charge in [-0.1, -0.05) is 13.3 Å². The number of hydrogen-bond donors (Lipinski definition) is 2. The van der Waals surface area contributed by atoms with E-state index >= 15 is 0 Å². The third-order valence-electron chi connectivity index (χ3n) is 3.69. The van der Waals surface area contributed by atoms with Gasteiger partial charge in [-0.3, -0.25) is 4.98 Å². The van der Waals surface area contributed by atoms with Crippen LogP contribution < -0.4 is 4.72 Å². The summed E-state index contributed by atoms with van der Waals surface area (Å²) in [5.41, 5.74) is -0.366. The SMILES string of the molecule is CC1(CO)CCCC1NS(=O)(=O)c1cccnc1. The molecule has 0 radical (unpaired) electrons. The third-order valence-corrected chi connectivity index (χ3v) is 5.14. The minimum Gasteiger partial charge on any atom is -0.396 e. The Morgan fingerprint density at radius 3 is 3.00 bits per heavy atom. The van der Waals surface area contributed by atoms with Gasteiger partial charge in [0.25, 0.3) is 0 Å². The topological polar surface area (TPSA) is 79.3 Å². The van der Waals surface area contributed by atoms with Crippen LogP contribution in [-0.2, 0) is 10.0 Å². The number of nitrogens with zero attached hydrogens (tertiary/aromatic N) is 1. The highest BCUT2D eigenvalue weighted by atomic mass is 32.2. The molecule has 2 rings (SSSR count). The summed E-state index contributed by atoms with van der Waals surface area (Å²) in [5.74, 6) is 0. The van der Waals surface area contributed by atoms with Crippen molar-refractivity contribution in [1.29, 1.82) is 0 Å². The van der Waals surface area contributed by atoms with E-state index in [0.717, 1.165) is 19.3 Å². The van der Waals surface area contributed by atoms with Gasteiger partial charge in [0, 0.05) is 30.5 Å². The second-order valence-electron chi connectivity index (χ2n) is 5.07. The first-order valence-electron chi connectivity index (χ1n) is 6.01. The van der Waals surface area contributed by atoms with Gasteiger partial charge in [-0.05, 0) is 25.0 Å². The second kappa shape index (κ2) is 4.95. The van der Waals surface area contributed by atoms with E-state index in [1.54, 1.807) is 6.07 Å². The maximum atomic E-state index is 12.2. The third kappa shape index (κ3) is 2.55. The van der Waals surface area contributed by atoms with Gasteiger partial charge < -0.3 is 5.11 Å². The van der Waals surface area contributed by atoms with Crippen molar-refractivity contribution < 1.29 is 13.5 Å². The van der Waals surface area contributed by atoms with Crippen molar-refractivity contribution in [3.05, 3.63) is 24.5 Å². The summed E-state index contributed by atoms with van der Waals surface area (Å²) in [6, 6.07) is 2.89. The maximum Gasteiger partial charge on any atom is 0.242 e.